The molecule has 5 heteroatoms. The Kier molecular flexibility index (Phi) is 4.48. The third kappa shape index (κ3) is 3.62. The summed E-state index contributed by atoms with van der Waals surface area (Å²) in [5, 5.41) is 0.972. The molecular weight excluding hydrogens is 311 g/mol. The van der Waals surface area contributed by atoms with Crippen LogP contribution in [0.2, 0.25) is 0 Å². The number of benzene rings is 2. The Balaban J connectivity index is 1.88. The summed E-state index contributed by atoms with van der Waals surface area (Å²) in [6.07, 6.45) is 0. The summed E-state index contributed by atoms with van der Waals surface area (Å²) in [5.74, 6) is -0.494. The lowest BCUT2D eigenvalue weighted by Crippen LogP contribution is -2.32. The number of nitrogens with zero attached hydrogens (tertiary/aromatic N) is 2. The van der Waals surface area contributed by atoms with E-state index >= 15 is 0 Å². The van der Waals surface area contributed by atoms with Crippen LogP contribution in [0.25, 0.3) is 0 Å². The standard InChI is InChI=1S/C18H17FN2OS/c1-12-3-9-16(10-4-12)20-18-21(11-13(2)23-18)17(22)14-5-7-15(19)8-6-14/h3-10,13H,11H2,1-2H3. The Hall–Kier alpha value is -2.14. The van der Waals surface area contributed by atoms with Crippen molar-refractivity contribution in [2.45, 2.75) is 19.1 Å². The van der Waals surface area contributed by atoms with Crippen LogP contribution >= 0.6 is 11.8 Å². The molecule has 1 saturated heterocycles. The van der Waals surface area contributed by atoms with E-state index in [9.17, 15) is 9.18 Å². The molecule has 23 heavy (non-hydrogen) atoms. The molecule has 3 nitrogen and oxygen atoms in total. The van der Waals surface area contributed by atoms with Crippen molar-refractivity contribution in [2.75, 3.05) is 6.54 Å². The predicted molar refractivity (Wildman–Crippen MR) is 92.8 cm³/mol. The summed E-state index contributed by atoms with van der Waals surface area (Å²) < 4.78 is 13.0. The summed E-state index contributed by atoms with van der Waals surface area (Å²) >= 11 is 1.58. The van der Waals surface area contributed by atoms with Gasteiger partial charge in [0.05, 0.1) is 5.69 Å². The third-order valence-corrected chi connectivity index (χ3v) is 4.65. The van der Waals surface area contributed by atoms with E-state index < -0.39 is 0 Å². The summed E-state index contributed by atoms with van der Waals surface area (Å²) in [5.41, 5.74) is 2.46. The normalized spacial score (nSPS) is 19.3. The monoisotopic (exact) mass is 328 g/mol. The topological polar surface area (TPSA) is 32.7 Å². The maximum absolute atomic E-state index is 13.0. The first kappa shape index (κ1) is 15.7. The average molecular weight is 328 g/mol. The number of aryl methyl sites for hydroxylation is 1. The van der Waals surface area contributed by atoms with Gasteiger partial charge in [-0.2, -0.15) is 0 Å². The number of carbonyl (C=O) groups is 1. The Morgan fingerprint density at radius 1 is 1.17 bits per heavy atom. The van der Waals surface area contributed by atoms with Gasteiger partial charge in [0.2, 0.25) is 0 Å². The number of carbonyl (C=O) groups excluding carboxylic acids is 1. The Morgan fingerprint density at radius 2 is 1.83 bits per heavy atom. The van der Waals surface area contributed by atoms with Crippen LogP contribution in [0.5, 0.6) is 0 Å². The lowest BCUT2D eigenvalue weighted by atomic mass is 10.2. The molecule has 1 fully saturated rings. The zero-order chi connectivity index (χ0) is 16.4. The highest BCUT2D eigenvalue weighted by Crippen LogP contribution is 2.29. The van der Waals surface area contributed by atoms with E-state index in [0.717, 1.165) is 5.69 Å². The molecule has 0 bridgehead atoms. The van der Waals surface area contributed by atoms with Crippen LogP contribution in [0.1, 0.15) is 22.8 Å². The quantitative estimate of drug-likeness (QED) is 0.818. The first-order valence-electron chi connectivity index (χ1n) is 7.42. The van der Waals surface area contributed by atoms with Crippen molar-refractivity contribution in [3.8, 4) is 0 Å². The van der Waals surface area contributed by atoms with Crippen LogP contribution in [0, 0.1) is 12.7 Å². The van der Waals surface area contributed by atoms with Crippen molar-refractivity contribution in [3.63, 3.8) is 0 Å². The number of hydrogen-bond donors (Lipinski definition) is 0. The molecule has 0 aromatic heterocycles. The van der Waals surface area contributed by atoms with Crippen LogP contribution < -0.4 is 0 Å². The average Bonchev–Trinajstić information content (AvgIpc) is 2.90. The van der Waals surface area contributed by atoms with E-state index in [-0.39, 0.29) is 17.0 Å². The molecule has 0 spiro atoms. The molecule has 1 aliphatic rings. The molecule has 1 unspecified atom stereocenters. The van der Waals surface area contributed by atoms with Crippen molar-refractivity contribution in [3.05, 3.63) is 65.5 Å². The van der Waals surface area contributed by atoms with Gasteiger partial charge >= 0.3 is 0 Å². The molecule has 1 atom stereocenters. The second-order valence-corrected chi connectivity index (χ2v) is 6.99. The largest absolute Gasteiger partial charge is 0.286 e. The van der Waals surface area contributed by atoms with Gasteiger partial charge in [0.1, 0.15) is 5.82 Å². The number of thioether (sulfide) groups is 1. The number of halogens is 1. The lowest BCUT2D eigenvalue weighted by molar-refractivity contribution is 0.0855. The van der Waals surface area contributed by atoms with Gasteiger partial charge in [-0.25, -0.2) is 9.38 Å². The van der Waals surface area contributed by atoms with E-state index in [1.807, 2.05) is 31.2 Å². The summed E-state index contributed by atoms with van der Waals surface area (Å²) in [6, 6.07) is 13.5. The van der Waals surface area contributed by atoms with Gasteiger partial charge in [0.25, 0.3) is 5.91 Å². The molecule has 1 amide bonds. The van der Waals surface area contributed by atoms with Crippen LogP contribution in [-0.4, -0.2) is 27.8 Å². The molecule has 2 aromatic rings. The van der Waals surface area contributed by atoms with E-state index in [4.69, 9.17) is 0 Å². The molecule has 0 saturated carbocycles. The Labute approximate surface area is 139 Å². The molecule has 1 aliphatic heterocycles. The van der Waals surface area contributed by atoms with Crippen LogP contribution in [-0.2, 0) is 0 Å². The molecule has 0 radical (unpaired) electrons. The van der Waals surface area contributed by atoms with Gasteiger partial charge in [-0.15, -0.1) is 0 Å². The minimum atomic E-state index is -0.348. The van der Waals surface area contributed by atoms with Gasteiger partial charge in [-0.05, 0) is 43.3 Å². The molecule has 0 N–H and O–H groups in total. The van der Waals surface area contributed by atoms with Crippen LogP contribution in [0.3, 0.4) is 0 Å². The van der Waals surface area contributed by atoms with Crippen LogP contribution in [0.4, 0.5) is 10.1 Å². The van der Waals surface area contributed by atoms with Crippen LogP contribution in [0.15, 0.2) is 53.5 Å². The molecular formula is C18H17FN2OS. The fourth-order valence-electron chi connectivity index (χ4n) is 2.35. The molecule has 0 aliphatic carbocycles. The highest BCUT2D eigenvalue weighted by Gasteiger charge is 2.31. The van der Waals surface area contributed by atoms with Gasteiger partial charge in [-0.1, -0.05) is 36.4 Å². The van der Waals surface area contributed by atoms with Crippen molar-refractivity contribution in [2.24, 2.45) is 4.99 Å². The number of rotatable bonds is 2. The van der Waals surface area contributed by atoms with Gasteiger partial charge in [0.15, 0.2) is 5.17 Å². The fourth-order valence-corrected chi connectivity index (χ4v) is 3.38. The van der Waals surface area contributed by atoms with Gasteiger partial charge < -0.3 is 0 Å². The smallest absolute Gasteiger partial charge is 0.259 e. The zero-order valence-electron chi connectivity index (χ0n) is 13.0. The fraction of sp³-hybridized carbons (Fsp3) is 0.222. The maximum atomic E-state index is 13.0. The molecule has 3 rings (SSSR count). The second kappa shape index (κ2) is 6.54. The minimum absolute atomic E-state index is 0.146. The summed E-state index contributed by atoms with van der Waals surface area (Å²) in [6.45, 7) is 4.69. The van der Waals surface area contributed by atoms with Crippen molar-refractivity contribution < 1.29 is 9.18 Å². The summed E-state index contributed by atoms with van der Waals surface area (Å²) in [7, 11) is 0. The van der Waals surface area contributed by atoms with E-state index in [1.165, 1.54) is 29.8 Å². The zero-order valence-corrected chi connectivity index (χ0v) is 13.8. The van der Waals surface area contributed by atoms with E-state index in [2.05, 4.69) is 11.9 Å². The Bertz CT molecular complexity index is 741. The predicted octanol–water partition coefficient (Wildman–Crippen LogP) is 4.40. The highest BCUT2D eigenvalue weighted by molar-refractivity contribution is 8.14. The first-order valence-corrected chi connectivity index (χ1v) is 8.30. The number of aliphatic imine (C=N–C) groups is 1. The van der Waals surface area contributed by atoms with E-state index in [1.54, 1.807) is 16.7 Å². The van der Waals surface area contributed by atoms with Crippen molar-refractivity contribution in [1.29, 1.82) is 0 Å². The maximum Gasteiger partial charge on any atom is 0.259 e. The first-order chi connectivity index (χ1) is 11.0. The molecule has 2 aromatic carbocycles. The minimum Gasteiger partial charge on any atom is -0.286 e. The van der Waals surface area contributed by atoms with Gasteiger partial charge in [0, 0.05) is 17.4 Å². The second-order valence-electron chi connectivity index (χ2n) is 5.58. The SMILES string of the molecule is Cc1ccc(N=C2SC(C)CN2C(=O)c2ccc(F)cc2)cc1. The van der Waals surface area contributed by atoms with Gasteiger partial charge in [-0.3, -0.25) is 9.69 Å². The number of amidine groups is 1. The third-order valence-electron chi connectivity index (χ3n) is 3.57. The highest BCUT2D eigenvalue weighted by atomic mass is 32.2. The lowest BCUT2D eigenvalue weighted by Gasteiger charge is -2.16. The van der Waals surface area contributed by atoms with E-state index in [0.29, 0.717) is 17.3 Å². The Morgan fingerprint density at radius 3 is 2.48 bits per heavy atom. The summed E-state index contributed by atoms with van der Waals surface area (Å²) in [4.78, 5) is 18.9. The molecule has 118 valence electrons. The van der Waals surface area contributed by atoms with Crippen molar-refractivity contribution in [1.82, 2.24) is 4.90 Å². The number of hydrogen-bond acceptors (Lipinski definition) is 3. The molecule has 1 heterocycles. The number of amides is 1. The van der Waals surface area contributed by atoms with Crippen molar-refractivity contribution >= 4 is 28.5 Å².